The van der Waals surface area contributed by atoms with Crippen molar-refractivity contribution in [2.45, 2.75) is 19.3 Å². The fraction of sp³-hybridized carbons (Fsp3) is 0.278. The molecular weight excluding hydrogens is 330 g/mol. The molecule has 0 aliphatic rings. The molecule has 2 atom stereocenters. The van der Waals surface area contributed by atoms with Crippen LogP contribution in [0, 0.1) is 17.2 Å². The van der Waals surface area contributed by atoms with Gasteiger partial charge in [-0.3, -0.25) is 9.59 Å². The van der Waals surface area contributed by atoms with Crippen LogP contribution < -0.4 is 0 Å². The third-order valence-corrected chi connectivity index (χ3v) is 3.81. The number of benzene rings is 1. The number of ketones is 1. The fourth-order valence-corrected chi connectivity index (χ4v) is 2.50. The van der Waals surface area contributed by atoms with E-state index in [1.165, 1.54) is 6.26 Å². The lowest BCUT2D eigenvalue weighted by molar-refractivity contribution is -0.146. The van der Waals surface area contributed by atoms with Gasteiger partial charge in [-0.05, 0) is 43.3 Å². The van der Waals surface area contributed by atoms with Gasteiger partial charge in [-0.1, -0.05) is 11.6 Å². The molecule has 0 fully saturated rings. The van der Waals surface area contributed by atoms with Gasteiger partial charge in [-0.25, -0.2) is 0 Å². The van der Waals surface area contributed by atoms with Crippen molar-refractivity contribution >= 4 is 23.4 Å². The van der Waals surface area contributed by atoms with Crippen molar-refractivity contribution < 1.29 is 18.7 Å². The number of carbonyl (C=O) groups excluding carboxylic acids is 2. The van der Waals surface area contributed by atoms with E-state index in [0.29, 0.717) is 16.3 Å². The van der Waals surface area contributed by atoms with Crippen LogP contribution >= 0.6 is 11.6 Å². The molecule has 0 aliphatic heterocycles. The molecule has 1 aromatic heterocycles. The number of nitrogens with zero attached hydrogens (tertiary/aromatic N) is 1. The Labute approximate surface area is 144 Å². The summed E-state index contributed by atoms with van der Waals surface area (Å²) in [4.78, 5) is 24.6. The molecule has 24 heavy (non-hydrogen) atoms. The lowest BCUT2D eigenvalue weighted by Gasteiger charge is -2.18. The first-order chi connectivity index (χ1) is 11.6. The van der Waals surface area contributed by atoms with Crippen LogP contribution in [0.2, 0.25) is 5.02 Å². The molecule has 2 unspecified atom stereocenters. The van der Waals surface area contributed by atoms with Gasteiger partial charge < -0.3 is 9.15 Å². The van der Waals surface area contributed by atoms with Crippen LogP contribution in [0.25, 0.3) is 0 Å². The van der Waals surface area contributed by atoms with Crippen molar-refractivity contribution in [3.63, 3.8) is 0 Å². The lowest BCUT2D eigenvalue weighted by atomic mass is 9.85. The van der Waals surface area contributed by atoms with Gasteiger partial charge in [0.15, 0.2) is 11.7 Å². The summed E-state index contributed by atoms with van der Waals surface area (Å²) in [6, 6.07) is 11.7. The Morgan fingerprint density at radius 2 is 2.00 bits per heavy atom. The molecule has 1 heterocycles. The first-order valence-electron chi connectivity index (χ1n) is 7.45. The molecule has 124 valence electrons. The van der Waals surface area contributed by atoms with Crippen LogP contribution in [0.4, 0.5) is 0 Å². The van der Waals surface area contributed by atoms with E-state index in [9.17, 15) is 14.9 Å². The minimum Gasteiger partial charge on any atom is -0.469 e. The van der Waals surface area contributed by atoms with E-state index in [4.69, 9.17) is 20.8 Å². The predicted octanol–water partition coefficient (Wildman–Crippen LogP) is 3.99. The molecule has 2 aromatic rings. The monoisotopic (exact) mass is 345 g/mol. The van der Waals surface area contributed by atoms with Crippen molar-refractivity contribution in [2.75, 3.05) is 6.61 Å². The molecule has 0 bridgehead atoms. The summed E-state index contributed by atoms with van der Waals surface area (Å²) in [5, 5.41) is 9.91. The maximum Gasteiger partial charge on any atom is 0.324 e. The Bertz CT molecular complexity index is 731. The van der Waals surface area contributed by atoms with Gasteiger partial charge in [0.1, 0.15) is 5.76 Å². The number of ether oxygens (including phenoxy) is 1. The van der Waals surface area contributed by atoms with E-state index in [1.54, 1.807) is 43.3 Å². The number of furan rings is 1. The highest BCUT2D eigenvalue weighted by atomic mass is 35.5. The van der Waals surface area contributed by atoms with E-state index < -0.39 is 17.8 Å². The first kappa shape index (κ1) is 17.8. The van der Waals surface area contributed by atoms with Crippen molar-refractivity contribution in [1.29, 1.82) is 5.26 Å². The van der Waals surface area contributed by atoms with Crippen molar-refractivity contribution in [3.8, 4) is 6.07 Å². The molecule has 0 saturated carbocycles. The van der Waals surface area contributed by atoms with Gasteiger partial charge in [-0.15, -0.1) is 0 Å². The Balaban J connectivity index is 2.27. The van der Waals surface area contributed by atoms with Gasteiger partial charge in [0.25, 0.3) is 0 Å². The normalized spacial score (nSPS) is 12.9. The summed E-state index contributed by atoms with van der Waals surface area (Å²) < 4.78 is 10.3. The standard InChI is InChI=1S/C18H16ClNO4/c1-2-23-18(22)15(11-20)14(17-4-3-9-24-17)10-16(21)12-5-7-13(19)8-6-12/h3-9,14-15H,2,10H2,1H3. The van der Waals surface area contributed by atoms with Crippen molar-refractivity contribution in [3.05, 3.63) is 59.0 Å². The van der Waals surface area contributed by atoms with Crippen LogP contribution in [-0.4, -0.2) is 18.4 Å². The van der Waals surface area contributed by atoms with Crippen LogP contribution in [-0.2, 0) is 9.53 Å². The lowest BCUT2D eigenvalue weighted by Crippen LogP contribution is -2.25. The molecule has 0 aliphatic carbocycles. The van der Waals surface area contributed by atoms with E-state index in [0.717, 1.165) is 0 Å². The third kappa shape index (κ3) is 4.24. The SMILES string of the molecule is CCOC(=O)C(C#N)C(CC(=O)c1ccc(Cl)cc1)c1ccco1. The zero-order chi connectivity index (χ0) is 17.5. The molecule has 2 rings (SSSR count). The second-order valence-electron chi connectivity index (χ2n) is 5.11. The van der Waals surface area contributed by atoms with Gasteiger partial charge in [-0.2, -0.15) is 5.26 Å². The fourth-order valence-electron chi connectivity index (χ4n) is 2.38. The molecule has 0 spiro atoms. The summed E-state index contributed by atoms with van der Waals surface area (Å²) >= 11 is 5.82. The van der Waals surface area contributed by atoms with Gasteiger partial charge in [0.2, 0.25) is 0 Å². The highest BCUT2D eigenvalue weighted by molar-refractivity contribution is 6.30. The topological polar surface area (TPSA) is 80.3 Å². The number of halogens is 1. The summed E-state index contributed by atoms with van der Waals surface area (Å²) in [7, 11) is 0. The molecule has 0 amide bonds. The molecule has 1 aromatic carbocycles. The Hall–Kier alpha value is -2.58. The predicted molar refractivity (Wildman–Crippen MR) is 87.6 cm³/mol. The number of rotatable bonds is 7. The molecule has 0 N–H and O–H groups in total. The number of hydrogen-bond donors (Lipinski definition) is 0. The molecule has 0 saturated heterocycles. The van der Waals surface area contributed by atoms with E-state index in [2.05, 4.69) is 0 Å². The van der Waals surface area contributed by atoms with Crippen LogP contribution in [0.5, 0.6) is 0 Å². The highest BCUT2D eigenvalue weighted by Gasteiger charge is 2.34. The number of hydrogen-bond acceptors (Lipinski definition) is 5. The van der Waals surface area contributed by atoms with Gasteiger partial charge >= 0.3 is 5.97 Å². The second kappa shape index (κ2) is 8.32. The van der Waals surface area contributed by atoms with Gasteiger partial charge in [0, 0.05) is 17.0 Å². The zero-order valence-electron chi connectivity index (χ0n) is 13.1. The van der Waals surface area contributed by atoms with Gasteiger partial charge in [0.05, 0.1) is 24.9 Å². The Kier molecular flexibility index (Phi) is 6.16. The second-order valence-corrected chi connectivity index (χ2v) is 5.55. The first-order valence-corrected chi connectivity index (χ1v) is 7.83. The highest BCUT2D eigenvalue weighted by Crippen LogP contribution is 2.31. The van der Waals surface area contributed by atoms with Crippen LogP contribution in [0.1, 0.15) is 35.4 Å². The quantitative estimate of drug-likeness (QED) is 0.559. The summed E-state index contributed by atoms with van der Waals surface area (Å²) in [6.45, 7) is 1.82. The minimum atomic E-state index is -1.12. The minimum absolute atomic E-state index is 0.0494. The summed E-state index contributed by atoms with van der Waals surface area (Å²) in [5.74, 6) is -2.31. The van der Waals surface area contributed by atoms with Crippen molar-refractivity contribution in [2.24, 2.45) is 5.92 Å². The molecule has 6 heteroatoms. The Morgan fingerprint density at radius 1 is 1.29 bits per heavy atom. The average Bonchev–Trinajstić information content (AvgIpc) is 3.09. The largest absolute Gasteiger partial charge is 0.469 e. The van der Waals surface area contributed by atoms with Crippen LogP contribution in [0.15, 0.2) is 47.1 Å². The molecule has 0 radical (unpaired) electrons. The van der Waals surface area contributed by atoms with Crippen LogP contribution in [0.3, 0.4) is 0 Å². The molecular formula is C18H16ClNO4. The van der Waals surface area contributed by atoms with E-state index >= 15 is 0 Å². The number of nitriles is 1. The number of carbonyl (C=O) groups is 2. The molecule has 5 nitrogen and oxygen atoms in total. The zero-order valence-corrected chi connectivity index (χ0v) is 13.8. The third-order valence-electron chi connectivity index (χ3n) is 3.56. The summed E-state index contributed by atoms with van der Waals surface area (Å²) in [6.07, 6.45) is 1.39. The smallest absolute Gasteiger partial charge is 0.324 e. The maximum absolute atomic E-state index is 12.5. The Morgan fingerprint density at radius 3 is 2.54 bits per heavy atom. The summed E-state index contributed by atoms with van der Waals surface area (Å²) in [5.41, 5.74) is 0.455. The number of Topliss-reactive ketones (excluding diaryl/α,β-unsaturated/α-hetero) is 1. The number of esters is 1. The van der Waals surface area contributed by atoms with E-state index in [-0.39, 0.29) is 18.8 Å². The van der Waals surface area contributed by atoms with Crippen molar-refractivity contribution in [1.82, 2.24) is 0 Å². The maximum atomic E-state index is 12.5. The average molecular weight is 346 g/mol. The van der Waals surface area contributed by atoms with E-state index in [1.807, 2.05) is 6.07 Å².